The summed E-state index contributed by atoms with van der Waals surface area (Å²) in [6.45, 7) is 6.84. The molecule has 0 fully saturated rings. The predicted molar refractivity (Wildman–Crippen MR) is 119 cm³/mol. The largest absolute Gasteiger partial charge is 0.352 e. The molecule has 0 aliphatic carbocycles. The molecule has 2 amide bonds. The fourth-order valence-electron chi connectivity index (χ4n) is 3.31. The van der Waals surface area contributed by atoms with E-state index in [-0.39, 0.29) is 24.4 Å². The van der Waals surface area contributed by atoms with Crippen molar-refractivity contribution < 1.29 is 9.59 Å². The number of hydrogen-bond acceptors (Lipinski definition) is 3. The number of hydrogen-bond donors (Lipinski definition) is 2. The van der Waals surface area contributed by atoms with E-state index in [0.29, 0.717) is 18.5 Å². The second-order valence-corrected chi connectivity index (χ2v) is 7.71. The van der Waals surface area contributed by atoms with E-state index in [1.54, 1.807) is 0 Å². The molecule has 6 nitrogen and oxygen atoms in total. The highest BCUT2D eigenvalue weighted by Crippen LogP contribution is 2.17. The standard InChI is InChI=1S/C24H30N4O2/c1-4-18(3)26-23(29)16-28-21-9-6-5-8-20(21)27-22(28)10-7-15-25-24(30)19-13-11-17(2)12-14-19/h5-6,8-9,11-14,18H,4,7,10,15-16H2,1-3H3,(H,25,30)(H,26,29). The van der Waals surface area contributed by atoms with Gasteiger partial charge in [0.25, 0.3) is 5.91 Å². The summed E-state index contributed by atoms with van der Waals surface area (Å²) in [6.07, 6.45) is 2.32. The van der Waals surface area contributed by atoms with Crippen molar-refractivity contribution in [1.82, 2.24) is 20.2 Å². The van der Waals surface area contributed by atoms with Crippen molar-refractivity contribution in [2.75, 3.05) is 6.54 Å². The molecule has 1 atom stereocenters. The van der Waals surface area contributed by atoms with E-state index in [1.165, 1.54) is 0 Å². The number of rotatable bonds is 9. The molecule has 1 heterocycles. The van der Waals surface area contributed by atoms with Gasteiger partial charge in [-0.1, -0.05) is 36.8 Å². The molecular weight excluding hydrogens is 376 g/mol. The van der Waals surface area contributed by atoms with Crippen molar-refractivity contribution >= 4 is 22.8 Å². The minimum Gasteiger partial charge on any atom is -0.352 e. The van der Waals surface area contributed by atoms with Crippen LogP contribution in [-0.2, 0) is 17.8 Å². The molecule has 2 aromatic carbocycles. The fraction of sp³-hybridized carbons (Fsp3) is 0.375. The monoisotopic (exact) mass is 406 g/mol. The number of carbonyl (C=O) groups is 2. The van der Waals surface area contributed by atoms with Crippen molar-refractivity contribution in [1.29, 1.82) is 0 Å². The number of benzene rings is 2. The van der Waals surface area contributed by atoms with E-state index in [9.17, 15) is 9.59 Å². The molecule has 0 aliphatic heterocycles. The quantitative estimate of drug-likeness (QED) is 0.533. The van der Waals surface area contributed by atoms with Gasteiger partial charge < -0.3 is 15.2 Å². The van der Waals surface area contributed by atoms with Gasteiger partial charge in [0.1, 0.15) is 12.4 Å². The normalized spacial score (nSPS) is 12.0. The molecular formula is C24H30N4O2. The van der Waals surface area contributed by atoms with Gasteiger partial charge in [0.05, 0.1) is 11.0 Å². The van der Waals surface area contributed by atoms with Gasteiger partial charge in [-0.25, -0.2) is 4.98 Å². The fourth-order valence-corrected chi connectivity index (χ4v) is 3.31. The Balaban J connectivity index is 1.63. The van der Waals surface area contributed by atoms with Crippen molar-refractivity contribution in [3.8, 4) is 0 Å². The maximum atomic E-state index is 12.5. The first kappa shape index (κ1) is 21.6. The summed E-state index contributed by atoms with van der Waals surface area (Å²) in [6, 6.07) is 15.5. The second kappa shape index (κ2) is 10.1. The zero-order valence-electron chi connectivity index (χ0n) is 17.9. The number of imidazole rings is 1. The molecule has 30 heavy (non-hydrogen) atoms. The third-order valence-electron chi connectivity index (χ3n) is 5.23. The molecule has 6 heteroatoms. The summed E-state index contributed by atoms with van der Waals surface area (Å²) in [4.78, 5) is 29.4. The average molecular weight is 407 g/mol. The highest BCUT2D eigenvalue weighted by atomic mass is 16.2. The van der Waals surface area contributed by atoms with Gasteiger partial charge in [0.2, 0.25) is 5.91 Å². The van der Waals surface area contributed by atoms with Crippen molar-refractivity contribution in [2.24, 2.45) is 0 Å². The summed E-state index contributed by atoms with van der Waals surface area (Å²) >= 11 is 0. The van der Waals surface area contributed by atoms with Crippen LogP contribution in [0.1, 0.15) is 48.4 Å². The van der Waals surface area contributed by atoms with Crippen LogP contribution in [0.4, 0.5) is 0 Å². The van der Waals surface area contributed by atoms with Crippen LogP contribution in [0.5, 0.6) is 0 Å². The second-order valence-electron chi connectivity index (χ2n) is 7.71. The van der Waals surface area contributed by atoms with E-state index < -0.39 is 0 Å². The minimum absolute atomic E-state index is 0.0126. The molecule has 0 radical (unpaired) electrons. The molecule has 0 saturated heterocycles. The third kappa shape index (κ3) is 5.47. The number of para-hydroxylation sites is 2. The molecule has 0 saturated carbocycles. The number of amides is 2. The van der Waals surface area contributed by atoms with Crippen LogP contribution in [-0.4, -0.2) is 34.0 Å². The highest BCUT2D eigenvalue weighted by Gasteiger charge is 2.14. The molecule has 3 rings (SSSR count). The van der Waals surface area contributed by atoms with Crippen LogP contribution in [0.3, 0.4) is 0 Å². The first-order valence-electron chi connectivity index (χ1n) is 10.6. The maximum Gasteiger partial charge on any atom is 0.251 e. The Morgan fingerprint density at radius 2 is 1.83 bits per heavy atom. The molecule has 3 aromatic rings. The topological polar surface area (TPSA) is 76.0 Å². The molecule has 0 aliphatic rings. The molecule has 2 N–H and O–H groups in total. The summed E-state index contributed by atoms with van der Waals surface area (Å²) < 4.78 is 1.98. The summed E-state index contributed by atoms with van der Waals surface area (Å²) in [5.74, 6) is 0.776. The summed E-state index contributed by atoms with van der Waals surface area (Å²) in [5.41, 5.74) is 3.63. The molecule has 1 unspecified atom stereocenters. The Bertz CT molecular complexity index is 1010. The Kier molecular flexibility index (Phi) is 7.22. The zero-order chi connectivity index (χ0) is 21.5. The highest BCUT2D eigenvalue weighted by molar-refractivity contribution is 5.94. The van der Waals surface area contributed by atoms with E-state index in [4.69, 9.17) is 4.98 Å². The number of carbonyl (C=O) groups excluding carboxylic acids is 2. The van der Waals surface area contributed by atoms with Gasteiger partial charge in [0.15, 0.2) is 0 Å². The van der Waals surface area contributed by atoms with Crippen LogP contribution in [0.15, 0.2) is 48.5 Å². The minimum atomic E-state index is -0.0727. The van der Waals surface area contributed by atoms with Gasteiger partial charge in [-0.05, 0) is 51.0 Å². The number of nitrogens with zero attached hydrogens (tertiary/aromatic N) is 2. The number of aryl methyl sites for hydroxylation is 2. The summed E-state index contributed by atoms with van der Waals surface area (Å²) in [5, 5.41) is 5.98. The van der Waals surface area contributed by atoms with Crippen LogP contribution < -0.4 is 10.6 Å². The predicted octanol–water partition coefficient (Wildman–Crippen LogP) is 3.62. The van der Waals surface area contributed by atoms with Crippen LogP contribution in [0.2, 0.25) is 0 Å². The lowest BCUT2D eigenvalue weighted by Gasteiger charge is -2.14. The number of aromatic nitrogens is 2. The Morgan fingerprint density at radius 3 is 2.57 bits per heavy atom. The van der Waals surface area contributed by atoms with Gasteiger partial charge in [-0.3, -0.25) is 9.59 Å². The molecule has 0 spiro atoms. The van der Waals surface area contributed by atoms with Crippen molar-refractivity contribution in [2.45, 2.75) is 52.6 Å². The van der Waals surface area contributed by atoms with Crippen LogP contribution >= 0.6 is 0 Å². The van der Waals surface area contributed by atoms with Gasteiger partial charge >= 0.3 is 0 Å². The lowest BCUT2D eigenvalue weighted by Crippen LogP contribution is -2.35. The number of fused-ring (bicyclic) bond motifs is 1. The molecule has 158 valence electrons. The van der Waals surface area contributed by atoms with E-state index in [0.717, 1.165) is 35.3 Å². The Morgan fingerprint density at radius 1 is 1.10 bits per heavy atom. The Labute approximate surface area is 177 Å². The smallest absolute Gasteiger partial charge is 0.251 e. The Hall–Kier alpha value is -3.15. The third-order valence-corrected chi connectivity index (χ3v) is 5.23. The summed E-state index contributed by atoms with van der Waals surface area (Å²) in [7, 11) is 0. The van der Waals surface area contributed by atoms with Crippen LogP contribution in [0.25, 0.3) is 11.0 Å². The van der Waals surface area contributed by atoms with Crippen LogP contribution in [0, 0.1) is 6.92 Å². The van der Waals surface area contributed by atoms with Gasteiger partial charge in [-0.15, -0.1) is 0 Å². The van der Waals surface area contributed by atoms with Gasteiger partial charge in [0, 0.05) is 24.6 Å². The van der Waals surface area contributed by atoms with Crippen molar-refractivity contribution in [3.63, 3.8) is 0 Å². The molecule has 1 aromatic heterocycles. The maximum absolute atomic E-state index is 12.5. The zero-order valence-corrected chi connectivity index (χ0v) is 17.9. The lowest BCUT2D eigenvalue weighted by molar-refractivity contribution is -0.122. The van der Waals surface area contributed by atoms with E-state index >= 15 is 0 Å². The first-order valence-corrected chi connectivity index (χ1v) is 10.6. The van der Waals surface area contributed by atoms with E-state index in [1.807, 2.05) is 73.9 Å². The lowest BCUT2D eigenvalue weighted by atomic mass is 10.1. The number of nitrogens with one attached hydrogen (secondary N) is 2. The average Bonchev–Trinajstić information content (AvgIpc) is 3.08. The molecule has 0 bridgehead atoms. The SMILES string of the molecule is CCC(C)NC(=O)Cn1c(CCCNC(=O)c2ccc(C)cc2)nc2ccccc21. The first-order chi connectivity index (χ1) is 14.5. The van der Waals surface area contributed by atoms with Crippen molar-refractivity contribution in [3.05, 3.63) is 65.5 Å². The van der Waals surface area contributed by atoms with Gasteiger partial charge in [-0.2, -0.15) is 0 Å². The van der Waals surface area contributed by atoms with E-state index in [2.05, 4.69) is 10.6 Å².